The number of aliphatic carboxylic acids is 1. The number of carbonyl (C=O) groups excluding carboxylic acids is 1. The number of hydrogen-bond donors (Lipinski definition) is 2. The highest BCUT2D eigenvalue weighted by Gasteiger charge is 2.40. The van der Waals surface area contributed by atoms with Gasteiger partial charge < -0.3 is 15.2 Å². The average molecular weight is 321 g/mol. The van der Waals surface area contributed by atoms with E-state index in [4.69, 9.17) is 4.74 Å². The molecule has 1 aromatic carbocycles. The Bertz CT molecular complexity index is 584. The molecule has 0 radical (unpaired) electrons. The Morgan fingerprint density at radius 3 is 2.43 bits per heavy atom. The molecule has 0 aliphatic heterocycles. The minimum atomic E-state index is -1.29. The molecule has 5 nitrogen and oxygen atoms in total. The quantitative estimate of drug-likeness (QED) is 0.809. The number of aryl methyl sites for hydroxylation is 1. The Morgan fingerprint density at radius 1 is 1.35 bits per heavy atom. The van der Waals surface area contributed by atoms with Crippen LogP contribution < -0.4 is 10.1 Å². The van der Waals surface area contributed by atoms with Crippen molar-refractivity contribution in [2.24, 2.45) is 5.92 Å². The molecule has 3 unspecified atom stereocenters. The maximum Gasteiger partial charge on any atom is 0.329 e. The van der Waals surface area contributed by atoms with E-state index in [0.29, 0.717) is 12.2 Å². The fourth-order valence-electron chi connectivity index (χ4n) is 2.48. The molecular weight excluding hydrogens is 294 g/mol. The standard InChI is InChI=1S/C18H27NO4/c1-7-12(3)18(5,17(21)22)19-16(20)13(4)14-9-8-11(2)10-15(14)23-6/h8-10,12-13H,7H2,1-6H3,(H,19,20)(H,21,22). The Kier molecular flexibility index (Phi) is 6.19. The van der Waals surface area contributed by atoms with Gasteiger partial charge in [-0.1, -0.05) is 32.4 Å². The molecular formula is C18H27NO4. The number of rotatable bonds is 7. The molecule has 3 atom stereocenters. The summed E-state index contributed by atoms with van der Waals surface area (Å²) < 4.78 is 5.35. The van der Waals surface area contributed by atoms with E-state index >= 15 is 0 Å². The van der Waals surface area contributed by atoms with Crippen molar-refractivity contribution in [3.05, 3.63) is 29.3 Å². The summed E-state index contributed by atoms with van der Waals surface area (Å²) in [5.74, 6) is -1.40. The van der Waals surface area contributed by atoms with Crippen LogP contribution in [-0.4, -0.2) is 29.6 Å². The zero-order valence-electron chi connectivity index (χ0n) is 14.8. The second kappa shape index (κ2) is 7.49. The minimum Gasteiger partial charge on any atom is -0.496 e. The zero-order valence-corrected chi connectivity index (χ0v) is 14.8. The number of amides is 1. The molecule has 1 rings (SSSR count). The Hall–Kier alpha value is -2.04. The van der Waals surface area contributed by atoms with Gasteiger partial charge in [0, 0.05) is 5.56 Å². The average Bonchev–Trinajstić information content (AvgIpc) is 2.52. The van der Waals surface area contributed by atoms with Crippen LogP contribution in [-0.2, 0) is 9.59 Å². The molecule has 0 saturated heterocycles. The summed E-state index contributed by atoms with van der Waals surface area (Å²) in [7, 11) is 1.56. The first kappa shape index (κ1) is 19.0. The fourth-order valence-corrected chi connectivity index (χ4v) is 2.48. The van der Waals surface area contributed by atoms with Gasteiger partial charge in [0.15, 0.2) is 0 Å². The SMILES string of the molecule is CCC(C)C(C)(NC(=O)C(C)c1ccc(C)cc1OC)C(=O)O. The lowest BCUT2D eigenvalue weighted by Crippen LogP contribution is -2.57. The largest absolute Gasteiger partial charge is 0.496 e. The molecule has 128 valence electrons. The summed E-state index contributed by atoms with van der Waals surface area (Å²) in [4.78, 5) is 24.3. The molecule has 5 heteroatoms. The van der Waals surface area contributed by atoms with Gasteiger partial charge in [-0.25, -0.2) is 4.79 Å². The number of carboxylic acid groups (broad SMARTS) is 1. The zero-order chi connectivity index (χ0) is 17.8. The maximum atomic E-state index is 12.6. The van der Waals surface area contributed by atoms with Crippen LogP contribution in [0.5, 0.6) is 5.75 Å². The minimum absolute atomic E-state index is 0.184. The van der Waals surface area contributed by atoms with Crippen LogP contribution in [0.25, 0.3) is 0 Å². The lowest BCUT2D eigenvalue weighted by Gasteiger charge is -2.33. The molecule has 1 amide bonds. The number of ether oxygens (including phenoxy) is 1. The third kappa shape index (κ3) is 4.03. The van der Waals surface area contributed by atoms with E-state index < -0.39 is 17.4 Å². The number of nitrogens with one attached hydrogen (secondary N) is 1. The van der Waals surface area contributed by atoms with Crippen molar-refractivity contribution < 1.29 is 19.4 Å². The van der Waals surface area contributed by atoms with Gasteiger partial charge in [-0.2, -0.15) is 0 Å². The van der Waals surface area contributed by atoms with Gasteiger partial charge >= 0.3 is 5.97 Å². The summed E-state index contributed by atoms with van der Waals surface area (Å²) in [6, 6.07) is 5.62. The van der Waals surface area contributed by atoms with Gasteiger partial charge in [0.25, 0.3) is 0 Å². The van der Waals surface area contributed by atoms with E-state index in [1.165, 1.54) is 0 Å². The number of carboxylic acids is 1. The number of methoxy groups -OCH3 is 1. The molecule has 1 aromatic rings. The Balaban J connectivity index is 3.07. The van der Waals surface area contributed by atoms with Crippen LogP contribution in [0.3, 0.4) is 0 Å². The van der Waals surface area contributed by atoms with Crippen LogP contribution in [0.2, 0.25) is 0 Å². The van der Waals surface area contributed by atoms with E-state index in [1.54, 1.807) is 21.0 Å². The van der Waals surface area contributed by atoms with Crippen LogP contribution in [0.4, 0.5) is 0 Å². The molecule has 0 bridgehead atoms. The summed E-state index contributed by atoms with van der Waals surface area (Å²) in [5, 5.41) is 12.2. The van der Waals surface area contributed by atoms with E-state index in [1.807, 2.05) is 39.0 Å². The van der Waals surface area contributed by atoms with Gasteiger partial charge in [0.1, 0.15) is 11.3 Å². The number of hydrogen-bond acceptors (Lipinski definition) is 3. The summed E-state index contributed by atoms with van der Waals surface area (Å²) >= 11 is 0. The summed E-state index contributed by atoms with van der Waals surface area (Å²) in [5.41, 5.74) is 0.485. The predicted octanol–water partition coefficient (Wildman–Crippen LogP) is 3.11. The first-order valence-electron chi connectivity index (χ1n) is 7.87. The van der Waals surface area contributed by atoms with Gasteiger partial charge in [-0.15, -0.1) is 0 Å². The Labute approximate surface area is 138 Å². The fraction of sp³-hybridized carbons (Fsp3) is 0.556. The van der Waals surface area contributed by atoms with Crippen LogP contribution in [0, 0.1) is 12.8 Å². The van der Waals surface area contributed by atoms with Crippen LogP contribution in [0.15, 0.2) is 18.2 Å². The van der Waals surface area contributed by atoms with E-state index in [0.717, 1.165) is 11.1 Å². The second-order valence-corrected chi connectivity index (χ2v) is 6.27. The monoisotopic (exact) mass is 321 g/mol. The first-order valence-corrected chi connectivity index (χ1v) is 7.87. The lowest BCUT2D eigenvalue weighted by molar-refractivity contribution is -0.149. The molecule has 0 aliphatic rings. The number of benzene rings is 1. The molecule has 0 spiro atoms. The van der Waals surface area contributed by atoms with Crippen molar-refractivity contribution in [3.8, 4) is 5.75 Å². The smallest absolute Gasteiger partial charge is 0.329 e. The summed E-state index contributed by atoms with van der Waals surface area (Å²) in [6.45, 7) is 8.99. The van der Waals surface area contributed by atoms with Crippen molar-refractivity contribution in [3.63, 3.8) is 0 Å². The topological polar surface area (TPSA) is 75.6 Å². The molecule has 0 aliphatic carbocycles. The maximum absolute atomic E-state index is 12.6. The second-order valence-electron chi connectivity index (χ2n) is 6.27. The Morgan fingerprint density at radius 2 is 1.96 bits per heavy atom. The highest BCUT2D eigenvalue weighted by atomic mass is 16.5. The van der Waals surface area contributed by atoms with E-state index in [-0.39, 0.29) is 11.8 Å². The van der Waals surface area contributed by atoms with Gasteiger partial charge in [-0.05, 0) is 38.3 Å². The lowest BCUT2D eigenvalue weighted by atomic mass is 9.84. The molecule has 0 aromatic heterocycles. The molecule has 2 N–H and O–H groups in total. The van der Waals surface area contributed by atoms with Crippen molar-refractivity contribution in [1.29, 1.82) is 0 Å². The predicted molar refractivity (Wildman–Crippen MR) is 89.8 cm³/mol. The van der Waals surface area contributed by atoms with Crippen LogP contribution in [0.1, 0.15) is 51.2 Å². The third-order valence-corrected chi connectivity index (χ3v) is 4.67. The number of carbonyl (C=O) groups is 2. The normalized spacial score (nSPS) is 16.1. The van der Waals surface area contributed by atoms with Crippen LogP contribution >= 0.6 is 0 Å². The van der Waals surface area contributed by atoms with Gasteiger partial charge in [-0.3, -0.25) is 4.79 Å². The first-order chi connectivity index (χ1) is 10.7. The van der Waals surface area contributed by atoms with Crippen molar-refractivity contribution in [2.75, 3.05) is 7.11 Å². The highest BCUT2D eigenvalue weighted by Crippen LogP contribution is 2.29. The molecule has 0 saturated carbocycles. The van der Waals surface area contributed by atoms with E-state index in [2.05, 4.69) is 5.32 Å². The molecule has 0 heterocycles. The highest BCUT2D eigenvalue weighted by molar-refractivity contribution is 5.90. The molecule has 23 heavy (non-hydrogen) atoms. The van der Waals surface area contributed by atoms with Crippen molar-refractivity contribution in [1.82, 2.24) is 5.32 Å². The summed E-state index contributed by atoms with van der Waals surface area (Å²) in [6.07, 6.45) is 0.658. The van der Waals surface area contributed by atoms with Gasteiger partial charge in [0.2, 0.25) is 5.91 Å². The van der Waals surface area contributed by atoms with Crippen molar-refractivity contribution in [2.45, 2.75) is 52.5 Å². The van der Waals surface area contributed by atoms with E-state index in [9.17, 15) is 14.7 Å². The molecule has 0 fully saturated rings. The van der Waals surface area contributed by atoms with Gasteiger partial charge in [0.05, 0.1) is 13.0 Å². The third-order valence-electron chi connectivity index (χ3n) is 4.67. The van der Waals surface area contributed by atoms with Crippen molar-refractivity contribution >= 4 is 11.9 Å².